The third-order valence-corrected chi connectivity index (χ3v) is 4.33. The number of nitrogens with two attached hydrogens (primary N) is 1. The normalized spacial score (nSPS) is 10.4. The highest BCUT2D eigenvalue weighted by molar-refractivity contribution is 6.38. The number of hydrogen-bond acceptors (Lipinski definition) is 7. The molecule has 0 atom stereocenters. The number of amides is 5. The molecule has 0 bridgehead atoms. The first-order valence-corrected chi connectivity index (χ1v) is 9.96. The predicted octanol–water partition coefficient (Wildman–Crippen LogP) is -0.258. The molecular formula is C22H25N5O6. The molecule has 0 radical (unpaired) electrons. The Hall–Kier alpha value is -4.09. The van der Waals surface area contributed by atoms with E-state index in [4.69, 9.17) is 10.5 Å². The van der Waals surface area contributed by atoms with Gasteiger partial charge in [0.1, 0.15) is 0 Å². The van der Waals surface area contributed by atoms with Crippen molar-refractivity contribution in [1.82, 2.24) is 20.9 Å². The first kappa shape index (κ1) is 25.2. The molecule has 0 saturated carbocycles. The minimum absolute atomic E-state index is 0.00530. The standard InChI is InChI=1S/C22H25N5O6/c1-33-14-8-13-27(25-20(30)18(23)28)26(15-16-9-4-2-5-10-16)22(32)21(31)24-19(29)17-11-6-3-7-12-17/h2-7,9-12H,8,13-15H2,1H3,(H2,23,28)(H,25,30)(H,24,29,31). The fraction of sp³-hybridized carbons (Fsp3) is 0.227. The van der Waals surface area contributed by atoms with Gasteiger partial charge in [0.25, 0.3) is 5.91 Å². The van der Waals surface area contributed by atoms with Crippen LogP contribution in [0.2, 0.25) is 0 Å². The van der Waals surface area contributed by atoms with Crippen molar-refractivity contribution >= 4 is 29.5 Å². The van der Waals surface area contributed by atoms with Crippen LogP contribution >= 0.6 is 0 Å². The number of methoxy groups -OCH3 is 1. The van der Waals surface area contributed by atoms with Crippen LogP contribution in [-0.2, 0) is 30.5 Å². The topological polar surface area (TPSA) is 151 Å². The molecule has 0 heterocycles. The molecule has 11 nitrogen and oxygen atoms in total. The van der Waals surface area contributed by atoms with E-state index in [0.717, 1.165) is 10.1 Å². The summed E-state index contributed by atoms with van der Waals surface area (Å²) in [4.78, 5) is 61.2. The highest BCUT2D eigenvalue weighted by atomic mass is 16.5. The lowest BCUT2D eigenvalue weighted by Crippen LogP contribution is -2.60. The van der Waals surface area contributed by atoms with Gasteiger partial charge in [-0.3, -0.25) is 34.7 Å². The number of hydrogen-bond donors (Lipinski definition) is 3. The summed E-state index contributed by atoms with van der Waals surface area (Å²) in [6.07, 6.45) is 0.332. The lowest BCUT2D eigenvalue weighted by Gasteiger charge is -2.34. The van der Waals surface area contributed by atoms with Gasteiger partial charge < -0.3 is 10.5 Å². The van der Waals surface area contributed by atoms with Gasteiger partial charge in [0.15, 0.2) is 0 Å². The third kappa shape index (κ3) is 7.83. The van der Waals surface area contributed by atoms with Crippen LogP contribution in [0.15, 0.2) is 60.7 Å². The van der Waals surface area contributed by atoms with Gasteiger partial charge in [-0.1, -0.05) is 48.5 Å². The number of nitrogens with one attached hydrogen (secondary N) is 2. The Morgan fingerprint density at radius 2 is 1.52 bits per heavy atom. The smallest absolute Gasteiger partial charge is 0.328 e. The van der Waals surface area contributed by atoms with E-state index in [2.05, 4.69) is 5.43 Å². The maximum Gasteiger partial charge on any atom is 0.328 e. The third-order valence-electron chi connectivity index (χ3n) is 4.33. The second-order valence-electron chi connectivity index (χ2n) is 6.77. The Labute approximate surface area is 190 Å². The summed E-state index contributed by atoms with van der Waals surface area (Å²) < 4.78 is 4.99. The molecule has 5 amide bonds. The molecule has 2 rings (SSSR count). The Kier molecular flexibility index (Phi) is 9.68. The first-order chi connectivity index (χ1) is 15.8. The summed E-state index contributed by atoms with van der Waals surface area (Å²) in [7, 11) is 1.47. The van der Waals surface area contributed by atoms with Crippen LogP contribution in [0, 0.1) is 0 Å². The van der Waals surface area contributed by atoms with E-state index in [1.165, 1.54) is 19.2 Å². The zero-order valence-electron chi connectivity index (χ0n) is 18.0. The maximum absolute atomic E-state index is 13.1. The van der Waals surface area contributed by atoms with Crippen LogP contribution in [0.5, 0.6) is 0 Å². The molecule has 0 aliphatic carbocycles. The molecule has 33 heavy (non-hydrogen) atoms. The SMILES string of the molecule is COCCCN(NC(=O)C(N)=O)N(Cc1ccccc1)C(=O)C(=O)NC(=O)c1ccccc1. The molecule has 0 spiro atoms. The van der Waals surface area contributed by atoms with Crippen LogP contribution in [0.3, 0.4) is 0 Å². The summed E-state index contributed by atoms with van der Waals surface area (Å²) in [6, 6.07) is 16.5. The van der Waals surface area contributed by atoms with Gasteiger partial charge in [-0.05, 0) is 24.1 Å². The largest absolute Gasteiger partial charge is 0.385 e. The van der Waals surface area contributed by atoms with Crippen molar-refractivity contribution in [3.05, 3.63) is 71.8 Å². The fourth-order valence-electron chi connectivity index (χ4n) is 2.73. The van der Waals surface area contributed by atoms with Crippen LogP contribution < -0.4 is 16.5 Å². The Morgan fingerprint density at radius 1 is 0.909 bits per heavy atom. The van der Waals surface area contributed by atoms with Crippen molar-refractivity contribution in [2.24, 2.45) is 5.73 Å². The highest BCUT2D eigenvalue weighted by Crippen LogP contribution is 2.09. The summed E-state index contributed by atoms with van der Waals surface area (Å²) in [6.45, 7) is 0.138. The lowest BCUT2D eigenvalue weighted by molar-refractivity contribution is -0.169. The summed E-state index contributed by atoms with van der Waals surface area (Å²) in [5, 5.41) is 3.96. The Bertz CT molecular complexity index is 983. The van der Waals surface area contributed by atoms with E-state index in [1.54, 1.807) is 48.5 Å². The van der Waals surface area contributed by atoms with Crippen molar-refractivity contribution in [2.75, 3.05) is 20.3 Å². The van der Waals surface area contributed by atoms with Crippen molar-refractivity contribution in [3.63, 3.8) is 0 Å². The number of ether oxygens (including phenoxy) is 1. The molecule has 0 aliphatic heterocycles. The molecule has 0 saturated heterocycles. The van der Waals surface area contributed by atoms with E-state index in [0.29, 0.717) is 12.0 Å². The van der Waals surface area contributed by atoms with Crippen molar-refractivity contribution in [2.45, 2.75) is 13.0 Å². The average Bonchev–Trinajstić information content (AvgIpc) is 2.82. The average molecular weight is 455 g/mol. The minimum atomic E-state index is -1.28. The quantitative estimate of drug-likeness (QED) is 0.268. The van der Waals surface area contributed by atoms with E-state index in [9.17, 15) is 24.0 Å². The minimum Gasteiger partial charge on any atom is -0.385 e. The molecule has 11 heteroatoms. The number of benzene rings is 2. The molecular weight excluding hydrogens is 430 g/mol. The highest BCUT2D eigenvalue weighted by Gasteiger charge is 2.30. The number of imide groups is 1. The van der Waals surface area contributed by atoms with Gasteiger partial charge in [0, 0.05) is 25.8 Å². The summed E-state index contributed by atoms with van der Waals surface area (Å²) in [5.41, 5.74) is 8.06. The van der Waals surface area contributed by atoms with Crippen molar-refractivity contribution in [3.8, 4) is 0 Å². The molecule has 4 N–H and O–H groups in total. The number of carbonyl (C=O) groups is 5. The molecule has 0 aromatic heterocycles. The predicted molar refractivity (Wildman–Crippen MR) is 116 cm³/mol. The van der Waals surface area contributed by atoms with Gasteiger partial charge >= 0.3 is 23.6 Å². The number of primary amides is 1. The fourth-order valence-corrected chi connectivity index (χ4v) is 2.73. The van der Waals surface area contributed by atoms with Gasteiger partial charge in [-0.15, -0.1) is 5.12 Å². The van der Waals surface area contributed by atoms with Crippen molar-refractivity contribution < 1.29 is 28.7 Å². The van der Waals surface area contributed by atoms with E-state index >= 15 is 0 Å². The lowest BCUT2D eigenvalue weighted by atomic mass is 10.2. The molecule has 0 aliphatic rings. The van der Waals surface area contributed by atoms with Crippen molar-refractivity contribution in [1.29, 1.82) is 0 Å². The zero-order chi connectivity index (χ0) is 24.2. The van der Waals surface area contributed by atoms with Gasteiger partial charge in [0.2, 0.25) is 0 Å². The molecule has 0 fully saturated rings. The molecule has 2 aromatic carbocycles. The summed E-state index contributed by atoms with van der Waals surface area (Å²) >= 11 is 0. The number of rotatable bonds is 9. The summed E-state index contributed by atoms with van der Waals surface area (Å²) in [5.74, 6) is -5.57. The first-order valence-electron chi connectivity index (χ1n) is 9.96. The van der Waals surface area contributed by atoms with Crippen LogP contribution in [0.25, 0.3) is 0 Å². The Morgan fingerprint density at radius 3 is 2.09 bits per heavy atom. The second kappa shape index (κ2) is 12.7. The Balaban J connectivity index is 2.29. The number of hydrazine groups is 2. The maximum atomic E-state index is 13.1. The van der Waals surface area contributed by atoms with Gasteiger partial charge in [-0.2, -0.15) is 0 Å². The van der Waals surface area contributed by atoms with Gasteiger partial charge in [-0.25, -0.2) is 5.01 Å². The molecule has 0 unspecified atom stereocenters. The van der Waals surface area contributed by atoms with Crippen LogP contribution in [0.4, 0.5) is 0 Å². The van der Waals surface area contributed by atoms with E-state index in [1.807, 2.05) is 5.32 Å². The van der Waals surface area contributed by atoms with Crippen LogP contribution in [0.1, 0.15) is 22.3 Å². The second-order valence-corrected chi connectivity index (χ2v) is 6.77. The van der Waals surface area contributed by atoms with Gasteiger partial charge in [0.05, 0.1) is 6.54 Å². The van der Waals surface area contributed by atoms with Crippen LogP contribution in [-0.4, -0.2) is 59.9 Å². The number of carbonyl (C=O) groups excluding carboxylic acids is 5. The monoisotopic (exact) mass is 455 g/mol. The zero-order valence-corrected chi connectivity index (χ0v) is 18.0. The van der Waals surface area contributed by atoms with E-state index < -0.39 is 29.5 Å². The number of nitrogens with zero attached hydrogens (tertiary/aromatic N) is 2. The molecule has 174 valence electrons. The molecule has 2 aromatic rings. The van der Waals surface area contributed by atoms with E-state index in [-0.39, 0.29) is 25.3 Å².